The molecule has 0 radical (unpaired) electrons. The van der Waals surface area contributed by atoms with Crippen LogP contribution in [0.4, 0.5) is 23.7 Å². The van der Waals surface area contributed by atoms with Gasteiger partial charge in [-0.25, -0.2) is 4.79 Å². The van der Waals surface area contributed by atoms with Crippen LogP contribution in [0, 0.1) is 0 Å². The van der Waals surface area contributed by atoms with Gasteiger partial charge >= 0.3 is 12.3 Å². The molecule has 3 rings (SSSR count). The predicted molar refractivity (Wildman–Crippen MR) is 97.6 cm³/mol. The number of ether oxygens (including phenoxy) is 1. The molecular formula is C16H17F3N5O5S+. The SMILES string of the molecule is COC(=O)N1C[N+]2(C)C(=CC(=O)N2C)N=C1S(=O)(=O)Nc1ccccc1C(F)(F)F. The number of alkyl halides is 3. The van der Waals surface area contributed by atoms with Gasteiger partial charge in [-0.3, -0.25) is 9.52 Å². The number of hydrogen-bond donors (Lipinski definition) is 1. The number of nitrogens with one attached hydrogen (secondary N) is 1. The smallest absolute Gasteiger partial charge is 0.420 e. The summed E-state index contributed by atoms with van der Waals surface area (Å²) in [6.07, 6.45) is -4.86. The summed E-state index contributed by atoms with van der Waals surface area (Å²) in [6, 6.07) is 3.96. The third-order valence-electron chi connectivity index (χ3n) is 4.70. The van der Waals surface area contributed by atoms with Crippen molar-refractivity contribution in [2.45, 2.75) is 6.18 Å². The molecule has 2 aliphatic rings. The van der Waals surface area contributed by atoms with Crippen LogP contribution in [0.15, 0.2) is 41.2 Å². The summed E-state index contributed by atoms with van der Waals surface area (Å²) in [7, 11) is -0.846. The van der Waals surface area contributed by atoms with Crippen molar-refractivity contribution in [3.8, 4) is 0 Å². The second kappa shape index (κ2) is 6.98. The number of hydrogen-bond acceptors (Lipinski definition) is 6. The van der Waals surface area contributed by atoms with E-state index in [-0.39, 0.29) is 17.1 Å². The van der Waals surface area contributed by atoms with Crippen molar-refractivity contribution < 1.29 is 40.5 Å². The van der Waals surface area contributed by atoms with Crippen molar-refractivity contribution in [3.63, 3.8) is 0 Å². The zero-order valence-electron chi connectivity index (χ0n) is 16.0. The zero-order chi connectivity index (χ0) is 22.5. The van der Waals surface area contributed by atoms with E-state index in [1.807, 2.05) is 4.72 Å². The summed E-state index contributed by atoms with van der Waals surface area (Å²) in [5.41, 5.74) is -1.96. The van der Waals surface area contributed by atoms with E-state index < -0.39 is 44.6 Å². The highest BCUT2D eigenvalue weighted by Gasteiger charge is 2.52. The first-order chi connectivity index (χ1) is 13.8. The lowest BCUT2D eigenvalue weighted by molar-refractivity contribution is -0.974. The van der Waals surface area contributed by atoms with Crippen LogP contribution in [0.3, 0.4) is 0 Å². The lowest BCUT2D eigenvalue weighted by atomic mass is 10.2. The van der Waals surface area contributed by atoms with E-state index in [4.69, 9.17) is 0 Å². The number of quaternary nitrogens is 1. The first-order valence-electron chi connectivity index (χ1n) is 8.30. The predicted octanol–water partition coefficient (Wildman–Crippen LogP) is 1.52. The minimum Gasteiger partial charge on any atom is -0.452 e. The first-order valence-corrected chi connectivity index (χ1v) is 9.79. The molecule has 1 aromatic carbocycles. The molecule has 0 saturated heterocycles. The van der Waals surface area contributed by atoms with Crippen molar-refractivity contribution in [3.05, 3.63) is 41.7 Å². The Balaban J connectivity index is 2.10. The van der Waals surface area contributed by atoms with Gasteiger partial charge in [-0.2, -0.15) is 41.1 Å². The number of amidine groups is 1. The Hall–Kier alpha value is -3.13. The van der Waals surface area contributed by atoms with E-state index in [1.54, 1.807) is 0 Å². The zero-order valence-corrected chi connectivity index (χ0v) is 16.8. The van der Waals surface area contributed by atoms with Gasteiger partial charge < -0.3 is 4.74 Å². The topological polar surface area (TPSA) is 108 Å². The Kier molecular flexibility index (Phi) is 5.02. The van der Waals surface area contributed by atoms with Gasteiger partial charge in [0.25, 0.3) is 26.9 Å². The number of anilines is 1. The quantitative estimate of drug-likeness (QED) is 0.691. The number of methoxy groups -OCH3 is 1. The number of benzene rings is 1. The van der Waals surface area contributed by atoms with Crippen molar-refractivity contribution in [1.82, 2.24) is 9.91 Å². The highest BCUT2D eigenvalue weighted by Crippen LogP contribution is 2.36. The molecule has 0 saturated carbocycles. The summed E-state index contributed by atoms with van der Waals surface area (Å²) >= 11 is 0. The number of fused-ring (bicyclic) bond motifs is 1. The van der Waals surface area contributed by atoms with Crippen molar-refractivity contribution in [1.29, 1.82) is 0 Å². The number of carbonyl (C=O) groups excluding carboxylic acids is 2. The van der Waals surface area contributed by atoms with Crippen LogP contribution in [0.1, 0.15) is 5.56 Å². The van der Waals surface area contributed by atoms with Crippen molar-refractivity contribution >= 4 is 32.9 Å². The Labute approximate surface area is 169 Å². The molecule has 0 bridgehead atoms. The average molecular weight is 448 g/mol. The van der Waals surface area contributed by atoms with Gasteiger partial charge in [-0.15, -0.1) is 0 Å². The molecule has 1 atom stereocenters. The second-order valence-corrected chi connectivity index (χ2v) is 8.16. The van der Waals surface area contributed by atoms with Gasteiger partial charge in [0.2, 0.25) is 0 Å². The summed E-state index contributed by atoms with van der Waals surface area (Å²) in [5, 5.41) is 0.321. The van der Waals surface area contributed by atoms with Gasteiger partial charge in [0, 0.05) is 0 Å². The molecule has 0 aromatic heterocycles. The Morgan fingerprint density at radius 2 is 1.93 bits per heavy atom. The Morgan fingerprint density at radius 3 is 2.53 bits per heavy atom. The molecule has 1 aromatic rings. The molecule has 0 spiro atoms. The van der Waals surface area contributed by atoms with Crippen LogP contribution >= 0.6 is 0 Å². The molecule has 30 heavy (non-hydrogen) atoms. The molecule has 2 aliphatic heterocycles. The molecule has 10 nitrogen and oxygen atoms in total. The van der Waals surface area contributed by atoms with Gasteiger partial charge in [0.15, 0.2) is 6.67 Å². The highest BCUT2D eigenvalue weighted by atomic mass is 32.2. The molecule has 1 N–H and O–H groups in total. The third-order valence-corrected chi connectivity index (χ3v) is 5.98. The van der Waals surface area contributed by atoms with Gasteiger partial charge in [-0.1, -0.05) is 12.1 Å². The maximum Gasteiger partial charge on any atom is 0.420 e. The summed E-state index contributed by atoms with van der Waals surface area (Å²) < 4.78 is 71.6. The Morgan fingerprint density at radius 1 is 1.30 bits per heavy atom. The molecule has 14 heteroatoms. The maximum absolute atomic E-state index is 13.2. The maximum atomic E-state index is 13.2. The molecule has 1 unspecified atom stereocenters. The average Bonchev–Trinajstić information content (AvgIpc) is 2.88. The van der Waals surface area contributed by atoms with Gasteiger partial charge in [-0.05, 0) is 12.1 Å². The molecule has 2 heterocycles. The number of halogens is 3. The number of amides is 2. The summed E-state index contributed by atoms with van der Waals surface area (Å²) in [5.74, 6) is -0.498. The van der Waals surface area contributed by atoms with Crippen LogP contribution in [0.25, 0.3) is 0 Å². The monoisotopic (exact) mass is 448 g/mol. The van der Waals surface area contributed by atoms with E-state index in [2.05, 4.69) is 9.73 Å². The van der Waals surface area contributed by atoms with Crippen molar-refractivity contribution in [2.24, 2.45) is 4.99 Å². The molecular weight excluding hydrogens is 431 g/mol. The van der Waals surface area contributed by atoms with Crippen LogP contribution in [0.5, 0.6) is 0 Å². The lowest BCUT2D eigenvalue weighted by Gasteiger charge is -2.40. The lowest BCUT2D eigenvalue weighted by Crippen LogP contribution is -2.63. The first kappa shape index (κ1) is 21.6. The number of sulfonamides is 1. The minimum atomic E-state index is -4.83. The normalized spacial score (nSPS) is 21.7. The fourth-order valence-corrected chi connectivity index (χ4v) is 4.17. The number of carbonyl (C=O) groups is 2. The number of likely N-dealkylation sites (N-methyl/N-ethyl adjacent to an activating group) is 1. The van der Waals surface area contributed by atoms with Gasteiger partial charge in [0.1, 0.15) is 0 Å². The van der Waals surface area contributed by atoms with E-state index in [0.717, 1.165) is 25.3 Å². The summed E-state index contributed by atoms with van der Waals surface area (Å²) in [4.78, 5) is 28.8. The highest BCUT2D eigenvalue weighted by molar-refractivity contribution is 8.07. The van der Waals surface area contributed by atoms with Crippen LogP contribution in [-0.4, -0.2) is 68.0 Å². The number of nitrogens with zero attached hydrogens (tertiary/aromatic N) is 4. The fraction of sp³-hybridized carbons (Fsp3) is 0.312. The van der Waals surface area contributed by atoms with Gasteiger partial charge in [0.05, 0.1) is 38.5 Å². The molecule has 2 amide bonds. The van der Waals surface area contributed by atoms with E-state index in [1.165, 1.54) is 25.2 Å². The fourth-order valence-electron chi connectivity index (χ4n) is 2.98. The molecule has 162 valence electrons. The van der Waals surface area contributed by atoms with Crippen LogP contribution < -0.4 is 4.72 Å². The second-order valence-electron chi connectivity index (χ2n) is 6.59. The van der Waals surface area contributed by atoms with Crippen molar-refractivity contribution in [2.75, 3.05) is 32.6 Å². The number of rotatable bonds is 2. The summed E-state index contributed by atoms with van der Waals surface area (Å²) in [6.45, 7) is -0.387. The minimum absolute atomic E-state index is 0.00728. The number of aliphatic imine (C=N–C) groups is 1. The number of para-hydroxylation sites is 1. The largest absolute Gasteiger partial charge is 0.452 e. The Bertz CT molecular complexity index is 1080. The van der Waals surface area contributed by atoms with Crippen LogP contribution in [-0.2, 0) is 25.7 Å². The third kappa shape index (κ3) is 3.47. The van der Waals surface area contributed by atoms with E-state index in [9.17, 15) is 31.2 Å². The van der Waals surface area contributed by atoms with E-state index >= 15 is 0 Å². The standard InChI is InChI=1S/C16H17F3N5O5S/c1-22-13(25)8-12-20-14(23(15(26)29-3)9-24(12,22)2)30(27,28)21-11-7-5-4-6-10(11)16(17,18)19/h4-8,21H,9H2,1-3H3/q+1. The molecule has 0 fully saturated rings. The van der Waals surface area contributed by atoms with Crippen LogP contribution in [0.2, 0.25) is 0 Å². The molecule has 0 aliphatic carbocycles. The van der Waals surface area contributed by atoms with E-state index in [0.29, 0.717) is 11.0 Å².